The Labute approximate surface area is 192 Å². The SMILES string of the molecule is CC[C@H]1COC(=O)N1c1cc(N)c2cnc(Nc3cc4c(cc3OC)CCN(C)C4)nc2c1. The molecule has 0 bridgehead atoms. The number of rotatable bonds is 5. The topological polar surface area (TPSA) is 106 Å². The molecule has 2 aromatic carbocycles. The van der Waals surface area contributed by atoms with Crippen LogP contribution in [-0.4, -0.2) is 54.3 Å². The minimum atomic E-state index is -0.364. The number of amides is 1. The molecular weight excluding hydrogens is 420 g/mol. The lowest BCUT2D eigenvalue weighted by molar-refractivity contribution is 0.178. The fourth-order valence-corrected chi connectivity index (χ4v) is 4.54. The number of cyclic esters (lactones) is 1. The fraction of sp³-hybridized carbons (Fsp3) is 0.375. The number of anilines is 4. The van der Waals surface area contributed by atoms with E-state index in [1.54, 1.807) is 24.3 Å². The molecule has 3 heterocycles. The number of benzene rings is 2. The van der Waals surface area contributed by atoms with Crippen molar-refractivity contribution in [1.29, 1.82) is 0 Å². The molecule has 0 saturated carbocycles. The Kier molecular flexibility index (Phi) is 5.41. The van der Waals surface area contributed by atoms with Gasteiger partial charge in [0.1, 0.15) is 12.4 Å². The molecule has 2 aliphatic rings. The molecule has 3 aromatic rings. The van der Waals surface area contributed by atoms with Crippen molar-refractivity contribution in [2.75, 3.05) is 43.3 Å². The van der Waals surface area contributed by atoms with E-state index < -0.39 is 0 Å². The highest BCUT2D eigenvalue weighted by molar-refractivity contribution is 5.98. The number of hydrogen-bond acceptors (Lipinski definition) is 8. The van der Waals surface area contributed by atoms with E-state index in [4.69, 9.17) is 20.2 Å². The van der Waals surface area contributed by atoms with Crippen LogP contribution in [0.2, 0.25) is 0 Å². The van der Waals surface area contributed by atoms with Gasteiger partial charge in [0.15, 0.2) is 0 Å². The maximum absolute atomic E-state index is 12.3. The average Bonchev–Trinajstić information content (AvgIpc) is 3.18. The first-order valence-corrected chi connectivity index (χ1v) is 11.1. The van der Waals surface area contributed by atoms with E-state index in [2.05, 4.69) is 34.4 Å². The molecule has 0 spiro atoms. The minimum Gasteiger partial charge on any atom is -0.495 e. The smallest absolute Gasteiger partial charge is 0.414 e. The quantitative estimate of drug-likeness (QED) is 0.570. The Balaban J connectivity index is 1.51. The lowest BCUT2D eigenvalue weighted by atomic mass is 9.99. The number of likely N-dealkylation sites (N-methyl/N-ethyl adjacent to an activating group) is 1. The summed E-state index contributed by atoms with van der Waals surface area (Å²) in [6, 6.07) is 7.80. The minimum absolute atomic E-state index is 0.0216. The monoisotopic (exact) mass is 448 g/mol. The van der Waals surface area contributed by atoms with Gasteiger partial charge >= 0.3 is 6.09 Å². The van der Waals surface area contributed by atoms with Crippen molar-refractivity contribution in [1.82, 2.24) is 14.9 Å². The zero-order chi connectivity index (χ0) is 23.1. The summed E-state index contributed by atoms with van der Waals surface area (Å²) < 4.78 is 10.9. The molecule has 172 valence electrons. The van der Waals surface area contributed by atoms with E-state index in [0.717, 1.165) is 42.8 Å². The van der Waals surface area contributed by atoms with Gasteiger partial charge in [-0.15, -0.1) is 0 Å². The van der Waals surface area contributed by atoms with Crippen molar-refractivity contribution in [3.05, 3.63) is 41.6 Å². The van der Waals surface area contributed by atoms with Gasteiger partial charge in [-0.2, -0.15) is 0 Å². The Morgan fingerprint density at radius 2 is 2.12 bits per heavy atom. The molecular formula is C24H28N6O3. The third-order valence-electron chi connectivity index (χ3n) is 6.40. The van der Waals surface area contributed by atoms with E-state index in [9.17, 15) is 4.79 Å². The predicted molar refractivity (Wildman–Crippen MR) is 128 cm³/mol. The number of nitrogens with zero attached hydrogens (tertiary/aromatic N) is 4. The number of nitrogen functional groups attached to an aromatic ring is 1. The van der Waals surface area contributed by atoms with Crippen LogP contribution in [0.3, 0.4) is 0 Å². The Morgan fingerprint density at radius 1 is 1.27 bits per heavy atom. The third-order valence-corrected chi connectivity index (χ3v) is 6.40. The van der Waals surface area contributed by atoms with Crippen molar-refractivity contribution in [2.45, 2.75) is 32.4 Å². The lowest BCUT2D eigenvalue weighted by Gasteiger charge is -2.26. The van der Waals surface area contributed by atoms with E-state index in [1.807, 2.05) is 13.0 Å². The first-order chi connectivity index (χ1) is 16.0. The summed E-state index contributed by atoms with van der Waals surface area (Å²) in [7, 11) is 3.78. The van der Waals surface area contributed by atoms with Crippen molar-refractivity contribution in [3.8, 4) is 5.75 Å². The summed E-state index contributed by atoms with van der Waals surface area (Å²) in [5, 5.41) is 4.03. The average molecular weight is 449 g/mol. The number of ether oxygens (including phenoxy) is 2. The van der Waals surface area contributed by atoms with E-state index in [1.165, 1.54) is 11.1 Å². The summed E-state index contributed by atoms with van der Waals surface area (Å²) >= 11 is 0. The maximum atomic E-state index is 12.3. The molecule has 1 aromatic heterocycles. The Morgan fingerprint density at radius 3 is 2.91 bits per heavy atom. The number of carbonyl (C=O) groups excluding carboxylic acids is 1. The van der Waals surface area contributed by atoms with E-state index in [-0.39, 0.29) is 12.1 Å². The summed E-state index contributed by atoms with van der Waals surface area (Å²) in [6.07, 6.45) is 3.11. The predicted octanol–water partition coefficient (Wildman–Crippen LogP) is 3.69. The van der Waals surface area contributed by atoms with Gasteiger partial charge in [-0.3, -0.25) is 4.90 Å². The molecule has 9 heteroatoms. The number of nitrogens with one attached hydrogen (secondary N) is 1. The molecule has 1 amide bonds. The van der Waals surface area contributed by atoms with Crippen LogP contribution in [0, 0.1) is 0 Å². The van der Waals surface area contributed by atoms with Gasteiger partial charge in [0.2, 0.25) is 5.95 Å². The molecule has 33 heavy (non-hydrogen) atoms. The molecule has 0 aliphatic carbocycles. The van der Waals surface area contributed by atoms with Crippen molar-refractivity contribution >= 4 is 40.0 Å². The molecule has 0 radical (unpaired) electrons. The molecule has 0 unspecified atom stereocenters. The summed E-state index contributed by atoms with van der Waals surface area (Å²) in [6.45, 7) is 4.32. The number of methoxy groups -OCH3 is 1. The summed E-state index contributed by atoms with van der Waals surface area (Å²) in [4.78, 5) is 25.4. The van der Waals surface area contributed by atoms with Gasteiger partial charge in [-0.25, -0.2) is 14.8 Å². The molecule has 9 nitrogen and oxygen atoms in total. The number of carbonyl (C=O) groups is 1. The van der Waals surface area contributed by atoms with Crippen LogP contribution in [0.1, 0.15) is 24.5 Å². The first kappa shape index (κ1) is 21.3. The van der Waals surface area contributed by atoms with Crippen molar-refractivity contribution in [2.24, 2.45) is 0 Å². The standard InChI is InChI=1S/C24H28N6O3/c1-4-16-13-33-24(31)30(16)17-9-19(25)18-11-26-23(27-20(18)10-17)28-21-7-15-12-29(2)6-5-14(15)8-22(21)32-3/h7-11,16H,4-6,12-13,25H2,1-3H3,(H,26,27,28)/t16-/m0/s1. The number of hydrogen-bond donors (Lipinski definition) is 2. The Hall–Kier alpha value is -3.59. The van der Waals surface area contributed by atoms with Gasteiger partial charge in [-0.1, -0.05) is 6.92 Å². The summed E-state index contributed by atoms with van der Waals surface area (Å²) in [5.74, 6) is 1.18. The van der Waals surface area contributed by atoms with Crippen molar-refractivity contribution in [3.63, 3.8) is 0 Å². The number of nitrogens with two attached hydrogens (primary N) is 1. The van der Waals surface area contributed by atoms with Crippen LogP contribution in [0.5, 0.6) is 5.75 Å². The third kappa shape index (κ3) is 3.89. The molecule has 3 N–H and O–H groups in total. The first-order valence-electron chi connectivity index (χ1n) is 11.1. The van der Waals surface area contributed by atoms with Crippen LogP contribution in [0.15, 0.2) is 30.5 Å². The highest BCUT2D eigenvalue weighted by atomic mass is 16.6. The van der Waals surface area contributed by atoms with Crippen LogP contribution >= 0.6 is 0 Å². The summed E-state index contributed by atoms with van der Waals surface area (Å²) in [5.41, 5.74) is 11.5. The zero-order valence-electron chi connectivity index (χ0n) is 19.1. The lowest BCUT2D eigenvalue weighted by Crippen LogP contribution is -2.32. The van der Waals surface area contributed by atoms with Crippen LogP contribution in [-0.2, 0) is 17.7 Å². The second-order valence-corrected chi connectivity index (χ2v) is 8.60. The second-order valence-electron chi connectivity index (χ2n) is 8.60. The van der Waals surface area contributed by atoms with Crippen LogP contribution in [0.4, 0.5) is 27.8 Å². The van der Waals surface area contributed by atoms with Crippen LogP contribution in [0.25, 0.3) is 10.9 Å². The van der Waals surface area contributed by atoms with Gasteiger partial charge in [0, 0.05) is 30.4 Å². The molecule has 1 atom stereocenters. The van der Waals surface area contributed by atoms with Gasteiger partial charge in [-0.05, 0) is 55.3 Å². The highest BCUT2D eigenvalue weighted by Gasteiger charge is 2.33. The molecule has 1 saturated heterocycles. The number of fused-ring (bicyclic) bond motifs is 2. The second kappa shape index (κ2) is 8.40. The van der Waals surface area contributed by atoms with Gasteiger partial charge in [0.05, 0.1) is 30.0 Å². The normalized spacial score (nSPS) is 18.3. The van der Waals surface area contributed by atoms with Gasteiger partial charge in [0.25, 0.3) is 0 Å². The maximum Gasteiger partial charge on any atom is 0.414 e. The van der Waals surface area contributed by atoms with Crippen molar-refractivity contribution < 1.29 is 14.3 Å². The van der Waals surface area contributed by atoms with Gasteiger partial charge < -0.3 is 25.4 Å². The molecule has 1 fully saturated rings. The zero-order valence-corrected chi connectivity index (χ0v) is 19.1. The Bertz CT molecular complexity index is 1230. The molecule has 5 rings (SSSR count). The highest BCUT2D eigenvalue weighted by Crippen LogP contribution is 2.34. The number of aromatic nitrogens is 2. The van der Waals surface area contributed by atoms with E-state index >= 15 is 0 Å². The van der Waals surface area contributed by atoms with E-state index in [0.29, 0.717) is 29.4 Å². The fourth-order valence-electron chi connectivity index (χ4n) is 4.54. The molecule has 2 aliphatic heterocycles. The largest absolute Gasteiger partial charge is 0.495 e. The van der Waals surface area contributed by atoms with Crippen LogP contribution < -0.4 is 20.7 Å².